The molecule has 2 rings (SSSR count). The lowest BCUT2D eigenvalue weighted by molar-refractivity contribution is -0.125. The van der Waals surface area contributed by atoms with E-state index in [1.54, 1.807) is 4.90 Å². The van der Waals surface area contributed by atoms with Crippen molar-refractivity contribution < 1.29 is 18.8 Å². The van der Waals surface area contributed by atoms with Gasteiger partial charge in [0.2, 0.25) is 5.91 Å². The maximum absolute atomic E-state index is 13.1. The first-order chi connectivity index (χ1) is 13.3. The van der Waals surface area contributed by atoms with E-state index in [0.29, 0.717) is 38.0 Å². The molecule has 0 spiro atoms. The number of piperidine rings is 1. The SMILES string of the molecule is CCNC(=O)N1CCC(C(NC(=O)c2ccc(F)cc2)C(=O)NC(C)C)CC1. The lowest BCUT2D eigenvalue weighted by Gasteiger charge is -2.36. The Morgan fingerprint density at radius 1 is 1.11 bits per heavy atom. The number of nitrogens with one attached hydrogen (secondary N) is 3. The van der Waals surface area contributed by atoms with Crippen LogP contribution in [0.5, 0.6) is 0 Å². The Hall–Kier alpha value is -2.64. The quantitative estimate of drug-likeness (QED) is 0.691. The molecule has 0 radical (unpaired) electrons. The van der Waals surface area contributed by atoms with E-state index in [1.807, 2.05) is 20.8 Å². The molecule has 1 aliphatic rings. The normalized spacial score (nSPS) is 15.8. The van der Waals surface area contributed by atoms with Gasteiger partial charge in [0.05, 0.1) is 0 Å². The fourth-order valence-electron chi connectivity index (χ4n) is 3.30. The van der Waals surface area contributed by atoms with Crippen molar-refractivity contribution in [1.82, 2.24) is 20.9 Å². The maximum Gasteiger partial charge on any atom is 0.317 e. The van der Waals surface area contributed by atoms with E-state index >= 15 is 0 Å². The van der Waals surface area contributed by atoms with Crippen LogP contribution in [0.25, 0.3) is 0 Å². The van der Waals surface area contributed by atoms with Crippen molar-refractivity contribution in [1.29, 1.82) is 0 Å². The van der Waals surface area contributed by atoms with Crippen LogP contribution in [0.15, 0.2) is 24.3 Å². The summed E-state index contributed by atoms with van der Waals surface area (Å²) in [6.45, 7) is 7.18. The molecular formula is C20H29FN4O3. The summed E-state index contributed by atoms with van der Waals surface area (Å²) < 4.78 is 13.1. The summed E-state index contributed by atoms with van der Waals surface area (Å²) in [6, 6.07) is 4.31. The third-order valence-electron chi connectivity index (χ3n) is 4.73. The molecule has 0 bridgehead atoms. The van der Waals surface area contributed by atoms with Crippen LogP contribution >= 0.6 is 0 Å². The molecule has 8 heteroatoms. The Balaban J connectivity index is 2.07. The molecule has 1 saturated heterocycles. The van der Waals surface area contributed by atoms with E-state index in [0.717, 1.165) is 0 Å². The molecule has 0 aliphatic carbocycles. The third-order valence-corrected chi connectivity index (χ3v) is 4.73. The fraction of sp³-hybridized carbons (Fsp3) is 0.550. The van der Waals surface area contributed by atoms with Gasteiger partial charge < -0.3 is 20.9 Å². The van der Waals surface area contributed by atoms with Crippen LogP contribution in [0.1, 0.15) is 44.0 Å². The van der Waals surface area contributed by atoms with Crippen molar-refractivity contribution in [2.24, 2.45) is 5.92 Å². The Kier molecular flexibility index (Phi) is 7.78. The van der Waals surface area contributed by atoms with Gasteiger partial charge in [0, 0.05) is 31.2 Å². The number of benzene rings is 1. The van der Waals surface area contributed by atoms with E-state index < -0.39 is 17.8 Å². The molecule has 1 heterocycles. The summed E-state index contributed by atoms with van der Waals surface area (Å²) in [5.41, 5.74) is 0.295. The number of hydrogen-bond acceptors (Lipinski definition) is 3. The summed E-state index contributed by atoms with van der Waals surface area (Å²) in [5, 5.41) is 8.43. The highest BCUT2D eigenvalue weighted by atomic mass is 19.1. The molecule has 28 heavy (non-hydrogen) atoms. The van der Waals surface area contributed by atoms with Gasteiger partial charge in [-0.15, -0.1) is 0 Å². The first-order valence-corrected chi connectivity index (χ1v) is 9.71. The zero-order valence-electron chi connectivity index (χ0n) is 16.6. The van der Waals surface area contributed by atoms with Gasteiger partial charge in [-0.05, 0) is 63.8 Å². The Bertz CT molecular complexity index is 685. The second-order valence-electron chi connectivity index (χ2n) is 7.28. The van der Waals surface area contributed by atoms with E-state index in [1.165, 1.54) is 24.3 Å². The van der Waals surface area contributed by atoms with Crippen molar-refractivity contribution >= 4 is 17.8 Å². The van der Waals surface area contributed by atoms with Crippen molar-refractivity contribution in [3.63, 3.8) is 0 Å². The molecule has 154 valence electrons. The summed E-state index contributed by atoms with van der Waals surface area (Å²) in [4.78, 5) is 39.0. The molecule has 1 aromatic rings. The standard InChI is InChI=1S/C20H29FN4O3/c1-4-22-20(28)25-11-9-14(10-12-25)17(19(27)23-13(2)3)24-18(26)15-5-7-16(21)8-6-15/h5-8,13-14,17H,4,9-12H2,1-3H3,(H,22,28)(H,23,27)(H,24,26). The van der Waals surface area contributed by atoms with Crippen molar-refractivity contribution in [2.45, 2.75) is 45.7 Å². The monoisotopic (exact) mass is 392 g/mol. The van der Waals surface area contributed by atoms with Crippen LogP contribution in [0, 0.1) is 11.7 Å². The largest absolute Gasteiger partial charge is 0.352 e. The number of nitrogens with zero attached hydrogens (tertiary/aromatic N) is 1. The molecule has 1 atom stereocenters. The molecule has 3 N–H and O–H groups in total. The van der Waals surface area contributed by atoms with E-state index in [2.05, 4.69) is 16.0 Å². The van der Waals surface area contributed by atoms with Crippen LogP contribution in [0.2, 0.25) is 0 Å². The van der Waals surface area contributed by atoms with Gasteiger partial charge >= 0.3 is 6.03 Å². The zero-order valence-corrected chi connectivity index (χ0v) is 16.6. The zero-order chi connectivity index (χ0) is 20.7. The van der Waals surface area contributed by atoms with Crippen molar-refractivity contribution in [2.75, 3.05) is 19.6 Å². The number of carbonyl (C=O) groups is 3. The Morgan fingerprint density at radius 3 is 2.25 bits per heavy atom. The van der Waals surface area contributed by atoms with Crippen molar-refractivity contribution in [3.8, 4) is 0 Å². The lowest BCUT2D eigenvalue weighted by atomic mass is 9.88. The number of carbonyl (C=O) groups excluding carboxylic acids is 3. The van der Waals surface area contributed by atoms with Crippen LogP contribution in [0.3, 0.4) is 0 Å². The highest BCUT2D eigenvalue weighted by molar-refractivity contribution is 5.97. The molecule has 7 nitrogen and oxygen atoms in total. The summed E-state index contributed by atoms with van der Waals surface area (Å²) in [6.07, 6.45) is 1.22. The molecular weight excluding hydrogens is 363 g/mol. The number of halogens is 1. The predicted octanol–water partition coefficient (Wildman–Crippen LogP) is 1.89. The van der Waals surface area contributed by atoms with E-state index in [9.17, 15) is 18.8 Å². The fourth-order valence-corrected chi connectivity index (χ4v) is 3.30. The van der Waals surface area contributed by atoms with Crippen molar-refractivity contribution in [3.05, 3.63) is 35.6 Å². The second-order valence-corrected chi connectivity index (χ2v) is 7.28. The highest BCUT2D eigenvalue weighted by Gasteiger charge is 2.34. The first kappa shape index (κ1) is 21.7. The molecule has 1 aliphatic heterocycles. The molecule has 1 fully saturated rings. The second kappa shape index (κ2) is 10.1. The van der Waals surface area contributed by atoms with Gasteiger partial charge in [0.15, 0.2) is 0 Å². The molecule has 1 unspecified atom stereocenters. The van der Waals surface area contributed by atoms with Crippen LogP contribution < -0.4 is 16.0 Å². The van der Waals surface area contributed by atoms with E-state index in [-0.39, 0.29) is 23.9 Å². The maximum atomic E-state index is 13.1. The number of likely N-dealkylation sites (tertiary alicyclic amines) is 1. The minimum Gasteiger partial charge on any atom is -0.352 e. The van der Waals surface area contributed by atoms with Gasteiger partial charge in [-0.25, -0.2) is 9.18 Å². The molecule has 1 aromatic carbocycles. The van der Waals surface area contributed by atoms with Gasteiger partial charge in [-0.3, -0.25) is 9.59 Å². The topological polar surface area (TPSA) is 90.5 Å². The number of amides is 4. The van der Waals surface area contributed by atoms with Crippen LogP contribution in [-0.4, -0.2) is 54.5 Å². The summed E-state index contributed by atoms with van der Waals surface area (Å²) in [7, 11) is 0. The molecule has 4 amide bonds. The minimum absolute atomic E-state index is 0.0619. The summed E-state index contributed by atoms with van der Waals surface area (Å²) in [5.74, 6) is -1.19. The van der Waals surface area contributed by atoms with Gasteiger partial charge in [-0.2, -0.15) is 0 Å². The third kappa shape index (κ3) is 5.94. The minimum atomic E-state index is -0.712. The molecule has 0 saturated carbocycles. The average Bonchev–Trinajstić information content (AvgIpc) is 2.66. The number of rotatable bonds is 6. The Morgan fingerprint density at radius 2 is 1.71 bits per heavy atom. The van der Waals surface area contributed by atoms with Crippen LogP contribution in [-0.2, 0) is 4.79 Å². The van der Waals surface area contributed by atoms with Crippen LogP contribution in [0.4, 0.5) is 9.18 Å². The first-order valence-electron chi connectivity index (χ1n) is 9.71. The number of urea groups is 1. The Labute approximate surface area is 165 Å². The smallest absolute Gasteiger partial charge is 0.317 e. The lowest BCUT2D eigenvalue weighted by Crippen LogP contribution is -2.55. The number of hydrogen-bond donors (Lipinski definition) is 3. The highest BCUT2D eigenvalue weighted by Crippen LogP contribution is 2.22. The molecule has 0 aromatic heterocycles. The predicted molar refractivity (Wildman–Crippen MR) is 104 cm³/mol. The van der Waals surface area contributed by atoms with Gasteiger partial charge in [0.1, 0.15) is 11.9 Å². The van der Waals surface area contributed by atoms with Gasteiger partial charge in [0.25, 0.3) is 5.91 Å². The van der Waals surface area contributed by atoms with E-state index in [4.69, 9.17) is 0 Å². The summed E-state index contributed by atoms with van der Waals surface area (Å²) >= 11 is 0. The average molecular weight is 392 g/mol. The van der Waals surface area contributed by atoms with Gasteiger partial charge in [-0.1, -0.05) is 0 Å².